The van der Waals surface area contributed by atoms with Crippen molar-refractivity contribution in [1.29, 1.82) is 0 Å². The Morgan fingerprint density at radius 2 is 1.83 bits per heavy atom. The lowest BCUT2D eigenvalue weighted by molar-refractivity contribution is 0.601. The summed E-state index contributed by atoms with van der Waals surface area (Å²) in [5.74, 6) is 0. The van der Waals surface area contributed by atoms with Crippen LogP contribution in [0.4, 0.5) is 10.8 Å². The third kappa shape index (κ3) is 3.33. The number of aryl methyl sites for hydroxylation is 1. The Kier molecular flexibility index (Phi) is 4.71. The number of nitrogens with one attached hydrogen (secondary N) is 1. The van der Waals surface area contributed by atoms with Crippen LogP contribution in [0, 0.1) is 0 Å². The van der Waals surface area contributed by atoms with Crippen molar-refractivity contribution in [2.24, 2.45) is 7.05 Å². The highest BCUT2D eigenvalue weighted by Gasteiger charge is 2.22. The molecule has 0 aliphatic carbocycles. The summed E-state index contributed by atoms with van der Waals surface area (Å²) in [4.78, 5) is 12.6. The van der Waals surface area contributed by atoms with E-state index in [9.17, 15) is 8.42 Å². The highest BCUT2D eigenvalue weighted by molar-refractivity contribution is 7.92. The van der Waals surface area contributed by atoms with Crippen LogP contribution in [0.1, 0.15) is 12.8 Å². The van der Waals surface area contributed by atoms with E-state index in [0.717, 1.165) is 39.7 Å². The zero-order valence-corrected chi connectivity index (χ0v) is 18.1. The number of anilines is 2. The van der Waals surface area contributed by atoms with E-state index in [0.29, 0.717) is 5.69 Å². The molecule has 1 N–H and O–H groups in total. The quantitative estimate of drug-likeness (QED) is 0.506. The Labute approximate surface area is 179 Å². The fourth-order valence-electron chi connectivity index (χ4n) is 3.82. The van der Waals surface area contributed by atoms with Gasteiger partial charge in [-0.1, -0.05) is 29.5 Å². The summed E-state index contributed by atoms with van der Waals surface area (Å²) in [7, 11) is -1.80. The minimum absolute atomic E-state index is 0.224. The second kappa shape index (κ2) is 7.41. The number of hydrogen-bond acceptors (Lipinski definition) is 6. The van der Waals surface area contributed by atoms with Crippen molar-refractivity contribution >= 4 is 43.2 Å². The summed E-state index contributed by atoms with van der Waals surface area (Å²) in [6, 6.07) is 10.1. The van der Waals surface area contributed by atoms with Crippen molar-refractivity contribution in [2.45, 2.75) is 17.7 Å². The van der Waals surface area contributed by atoms with Crippen LogP contribution in [0.3, 0.4) is 0 Å². The van der Waals surface area contributed by atoms with Gasteiger partial charge in [0.15, 0.2) is 5.13 Å². The van der Waals surface area contributed by atoms with Gasteiger partial charge in [-0.3, -0.25) is 4.72 Å². The van der Waals surface area contributed by atoms with Gasteiger partial charge in [0.1, 0.15) is 5.65 Å². The first-order valence-corrected chi connectivity index (χ1v) is 12.1. The van der Waals surface area contributed by atoms with Crippen molar-refractivity contribution in [2.75, 3.05) is 22.7 Å². The van der Waals surface area contributed by atoms with Crippen LogP contribution in [0.2, 0.25) is 0 Å². The molecular formula is C21H21N5O2S2. The largest absolute Gasteiger partial charge is 0.348 e. The molecule has 1 aromatic carbocycles. The minimum Gasteiger partial charge on any atom is -0.348 e. The van der Waals surface area contributed by atoms with E-state index in [-0.39, 0.29) is 4.90 Å². The van der Waals surface area contributed by atoms with E-state index in [1.165, 1.54) is 12.8 Å². The average Bonchev–Trinajstić information content (AvgIpc) is 3.49. The van der Waals surface area contributed by atoms with E-state index >= 15 is 0 Å². The van der Waals surface area contributed by atoms with Gasteiger partial charge in [0, 0.05) is 44.3 Å². The molecule has 4 heterocycles. The molecule has 0 unspecified atom stereocenters. The fraction of sp³-hybridized carbons (Fsp3) is 0.238. The van der Waals surface area contributed by atoms with E-state index in [1.54, 1.807) is 53.9 Å². The van der Waals surface area contributed by atoms with Gasteiger partial charge in [0.25, 0.3) is 10.0 Å². The number of rotatable bonds is 5. The standard InChI is InChI=1S/C21H21N5O2S2/c1-25-14-16(18-13-23-21(29-18)26-11-5-6-12-26)19-17(9-10-22-20(19)25)24-30(27,28)15-7-3-2-4-8-15/h2-4,7-10,13-14H,5-6,11-12H2,1H3,(H,22,24). The van der Waals surface area contributed by atoms with Gasteiger partial charge in [-0.15, -0.1) is 0 Å². The number of sulfonamides is 1. The van der Waals surface area contributed by atoms with Crippen LogP contribution < -0.4 is 9.62 Å². The van der Waals surface area contributed by atoms with Gasteiger partial charge in [-0.2, -0.15) is 0 Å². The van der Waals surface area contributed by atoms with Crippen LogP contribution in [0.25, 0.3) is 21.5 Å². The molecule has 0 radical (unpaired) electrons. The lowest BCUT2D eigenvalue weighted by atomic mass is 10.2. The summed E-state index contributed by atoms with van der Waals surface area (Å²) in [5.41, 5.74) is 2.15. The molecule has 154 valence electrons. The Morgan fingerprint density at radius 1 is 1.07 bits per heavy atom. The lowest BCUT2D eigenvalue weighted by Gasteiger charge is -2.12. The number of hydrogen-bond donors (Lipinski definition) is 1. The topological polar surface area (TPSA) is 80.1 Å². The van der Waals surface area contributed by atoms with E-state index in [1.807, 2.05) is 24.0 Å². The van der Waals surface area contributed by atoms with Crippen LogP contribution in [0.15, 0.2) is 59.9 Å². The number of thiazole rings is 1. The summed E-state index contributed by atoms with van der Waals surface area (Å²) >= 11 is 1.63. The highest BCUT2D eigenvalue weighted by Crippen LogP contribution is 2.40. The highest BCUT2D eigenvalue weighted by atomic mass is 32.2. The van der Waals surface area contributed by atoms with E-state index < -0.39 is 10.0 Å². The molecule has 0 saturated carbocycles. The molecule has 7 nitrogen and oxygen atoms in total. The molecule has 1 aliphatic rings. The molecule has 4 aromatic rings. The normalized spacial score (nSPS) is 14.5. The Morgan fingerprint density at radius 3 is 2.60 bits per heavy atom. The third-order valence-corrected chi connectivity index (χ3v) is 7.76. The molecule has 1 aliphatic heterocycles. The smallest absolute Gasteiger partial charge is 0.261 e. The monoisotopic (exact) mass is 439 g/mol. The SMILES string of the molecule is Cn1cc(-c2cnc(N3CCCC3)s2)c2c(NS(=O)(=O)c3ccccc3)ccnc21. The van der Waals surface area contributed by atoms with Crippen LogP contribution in [0.5, 0.6) is 0 Å². The number of pyridine rings is 1. The van der Waals surface area contributed by atoms with Gasteiger partial charge < -0.3 is 9.47 Å². The third-order valence-electron chi connectivity index (χ3n) is 5.29. The molecule has 9 heteroatoms. The first-order chi connectivity index (χ1) is 14.5. The molecule has 0 bridgehead atoms. The summed E-state index contributed by atoms with van der Waals surface area (Å²) < 4.78 is 30.5. The van der Waals surface area contributed by atoms with Gasteiger partial charge in [-0.05, 0) is 31.0 Å². The molecule has 1 saturated heterocycles. The zero-order valence-electron chi connectivity index (χ0n) is 16.4. The molecule has 5 rings (SSSR count). The number of benzene rings is 1. The van der Waals surface area contributed by atoms with Crippen LogP contribution in [-0.4, -0.2) is 36.0 Å². The van der Waals surface area contributed by atoms with Gasteiger partial charge in [0.2, 0.25) is 0 Å². The molecule has 0 atom stereocenters. The average molecular weight is 440 g/mol. The second-order valence-electron chi connectivity index (χ2n) is 7.33. The van der Waals surface area contributed by atoms with Crippen molar-refractivity contribution < 1.29 is 8.42 Å². The first-order valence-electron chi connectivity index (χ1n) is 9.76. The minimum atomic E-state index is -3.71. The molecule has 1 fully saturated rings. The van der Waals surface area contributed by atoms with Crippen LogP contribution in [-0.2, 0) is 17.1 Å². The molecule has 30 heavy (non-hydrogen) atoms. The molecular weight excluding hydrogens is 418 g/mol. The number of fused-ring (bicyclic) bond motifs is 1. The van der Waals surface area contributed by atoms with Crippen molar-refractivity contribution in [3.63, 3.8) is 0 Å². The zero-order chi connectivity index (χ0) is 20.7. The van der Waals surface area contributed by atoms with Gasteiger partial charge in [0.05, 0.1) is 20.8 Å². The molecule has 0 amide bonds. The number of nitrogens with zero attached hydrogens (tertiary/aromatic N) is 4. The first kappa shape index (κ1) is 19.1. The summed E-state index contributed by atoms with van der Waals surface area (Å²) in [6.45, 7) is 2.07. The van der Waals surface area contributed by atoms with Gasteiger partial charge in [-0.25, -0.2) is 18.4 Å². The number of aromatic nitrogens is 3. The predicted molar refractivity (Wildman–Crippen MR) is 121 cm³/mol. The summed E-state index contributed by atoms with van der Waals surface area (Å²) in [5, 5.41) is 1.78. The van der Waals surface area contributed by atoms with E-state index in [2.05, 4.69) is 19.6 Å². The second-order valence-corrected chi connectivity index (χ2v) is 10.0. The molecule has 0 spiro atoms. The Hall–Kier alpha value is -2.91. The lowest BCUT2D eigenvalue weighted by Crippen LogP contribution is -2.16. The summed E-state index contributed by atoms with van der Waals surface area (Å²) in [6.07, 6.45) is 7.86. The maximum Gasteiger partial charge on any atom is 0.261 e. The van der Waals surface area contributed by atoms with Crippen molar-refractivity contribution in [3.8, 4) is 10.4 Å². The van der Waals surface area contributed by atoms with Crippen molar-refractivity contribution in [1.82, 2.24) is 14.5 Å². The van der Waals surface area contributed by atoms with Gasteiger partial charge >= 0.3 is 0 Å². The van der Waals surface area contributed by atoms with Crippen molar-refractivity contribution in [3.05, 3.63) is 55.0 Å². The molecule has 3 aromatic heterocycles. The maximum atomic E-state index is 12.9. The Bertz CT molecular complexity index is 1310. The van der Waals surface area contributed by atoms with E-state index in [4.69, 9.17) is 0 Å². The van der Waals surface area contributed by atoms with Crippen LogP contribution >= 0.6 is 11.3 Å². The Balaban J connectivity index is 1.59. The maximum absolute atomic E-state index is 12.9. The fourth-order valence-corrected chi connectivity index (χ4v) is 5.90. The predicted octanol–water partition coefficient (Wildman–Crippen LogP) is 4.10.